The van der Waals surface area contributed by atoms with Crippen LogP contribution in [0.4, 0.5) is 0 Å². The predicted octanol–water partition coefficient (Wildman–Crippen LogP) is 6.58. The lowest BCUT2D eigenvalue weighted by Crippen LogP contribution is -2.35. The maximum absolute atomic E-state index is 6.74. The van der Waals surface area contributed by atoms with E-state index in [2.05, 4.69) is 32.9 Å². The van der Waals surface area contributed by atoms with Crippen LogP contribution in [0.3, 0.4) is 0 Å². The van der Waals surface area contributed by atoms with Crippen molar-refractivity contribution in [1.29, 1.82) is 0 Å². The van der Waals surface area contributed by atoms with E-state index < -0.39 is 8.32 Å². The van der Waals surface area contributed by atoms with Gasteiger partial charge in [0.1, 0.15) is 11.9 Å². The number of hydrogen-bond donors (Lipinski definition) is 0. The molecule has 0 saturated heterocycles. The van der Waals surface area contributed by atoms with Gasteiger partial charge in [-0.3, -0.25) is 0 Å². The van der Waals surface area contributed by atoms with Gasteiger partial charge >= 0.3 is 0 Å². The Kier molecular flexibility index (Phi) is 6.33. The summed E-state index contributed by atoms with van der Waals surface area (Å²) in [4.78, 5) is 0. The van der Waals surface area contributed by atoms with Gasteiger partial charge in [0.05, 0.1) is 7.11 Å². The average molecular weight is 375 g/mol. The van der Waals surface area contributed by atoms with E-state index in [-0.39, 0.29) is 6.10 Å². The number of benzene rings is 1. The molecule has 0 N–H and O–H groups in total. The number of fused-ring (bicyclic) bond motifs is 1. The van der Waals surface area contributed by atoms with Gasteiger partial charge in [-0.1, -0.05) is 45.7 Å². The summed E-state index contributed by atoms with van der Waals surface area (Å²) in [5, 5.41) is 0. The quantitative estimate of drug-likeness (QED) is 0.504. The maximum Gasteiger partial charge on any atom is 0.265 e. The van der Waals surface area contributed by atoms with Crippen molar-refractivity contribution < 1.29 is 13.9 Å². The van der Waals surface area contributed by atoms with Crippen molar-refractivity contribution in [2.75, 3.05) is 7.11 Å². The van der Waals surface area contributed by atoms with E-state index in [0.717, 1.165) is 36.2 Å². The summed E-state index contributed by atoms with van der Waals surface area (Å²) in [5.41, 5.74) is 2.70. The SMILES string of the molecule is CC[Si](CC)(CC)OC1=C2CCCCC[C@H]2[C@H](c2ccc(OC)cc2)O1. The molecule has 3 nitrogen and oxygen atoms in total. The van der Waals surface area contributed by atoms with E-state index in [1.807, 2.05) is 12.1 Å². The highest BCUT2D eigenvalue weighted by atomic mass is 28.4. The van der Waals surface area contributed by atoms with Gasteiger partial charge in [0.25, 0.3) is 14.3 Å². The molecule has 2 aliphatic rings. The summed E-state index contributed by atoms with van der Waals surface area (Å²) in [6.45, 7) is 6.85. The van der Waals surface area contributed by atoms with Gasteiger partial charge in [0.15, 0.2) is 0 Å². The summed E-state index contributed by atoms with van der Waals surface area (Å²) in [6, 6.07) is 11.8. The van der Waals surface area contributed by atoms with Crippen molar-refractivity contribution in [2.45, 2.75) is 77.1 Å². The molecule has 0 bridgehead atoms. The highest BCUT2D eigenvalue weighted by Gasteiger charge is 2.42. The van der Waals surface area contributed by atoms with E-state index in [0.29, 0.717) is 5.92 Å². The van der Waals surface area contributed by atoms with Gasteiger partial charge in [0, 0.05) is 11.5 Å². The Bertz CT molecular complexity index is 611. The van der Waals surface area contributed by atoms with E-state index >= 15 is 0 Å². The van der Waals surface area contributed by atoms with Crippen LogP contribution < -0.4 is 4.74 Å². The Hall–Kier alpha value is -1.42. The van der Waals surface area contributed by atoms with E-state index in [9.17, 15) is 0 Å². The molecule has 1 saturated carbocycles. The van der Waals surface area contributed by atoms with Crippen LogP contribution in [-0.2, 0) is 9.16 Å². The highest BCUT2D eigenvalue weighted by molar-refractivity contribution is 6.73. The normalized spacial score (nSPS) is 23.2. The monoisotopic (exact) mass is 374 g/mol. The van der Waals surface area contributed by atoms with Crippen molar-refractivity contribution in [3.63, 3.8) is 0 Å². The van der Waals surface area contributed by atoms with Crippen molar-refractivity contribution in [3.05, 3.63) is 41.3 Å². The molecule has 1 aliphatic heterocycles. The third kappa shape index (κ3) is 3.80. The molecule has 3 rings (SSSR count). The van der Waals surface area contributed by atoms with E-state index in [1.54, 1.807) is 7.11 Å². The number of rotatable bonds is 7. The van der Waals surface area contributed by atoms with Crippen molar-refractivity contribution >= 4 is 8.32 Å². The summed E-state index contributed by atoms with van der Waals surface area (Å²) in [5.74, 6) is 2.26. The van der Waals surface area contributed by atoms with Crippen molar-refractivity contribution in [3.8, 4) is 5.75 Å². The Balaban J connectivity index is 1.89. The standard InChI is InChI=1S/C22H34O3Si/c1-5-26(6-2,7-3)25-22-20-12-10-8-9-11-19(20)21(24-22)17-13-15-18(23-4)16-14-17/h13-16,19,21H,5-12H2,1-4H3/t19-,21+/m1/s1. The zero-order chi connectivity index (χ0) is 18.6. The van der Waals surface area contributed by atoms with Gasteiger partial charge in [-0.25, -0.2) is 0 Å². The van der Waals surface area contributed by atoms with E-state index in [4.69, 9.17) is 13.9 Å². The number of ether oxygens (including phenoxy) is 2. The first kappa shape index (κ1) is 19.3. The molecule has 2 atom stereocenters. The fourth-order valence-electron chi connectivity index (χ4n) is 4.42. The van der Waals surface area contributed by atoms with Crippen molar-refractivity contribution in [2.24, 2.45) is 5.92 Å². The van der Waals surface area contributed by atoms with Crippen LogP contribution in [0.1, 0.15) is 64.5 Å². The molecule has 1 aromatic carbocycles. The average Bonchev–Trinajstić information content (AvgIpc) is 2.86. The molecular weight excluding hydrogens is 340 g/mol. The first-order valence-electron chi connectivity index (χ1n) is 10.4. The molecule has 1 fully saturated rings. The van der Waals surface area contributed by atoms with Gasteiger partial charge in [-0.15, -0.1) is 0 Å². The molecule has 0 amide bonds. The minimum absolute atomic E-state index is 0.0984. The minimum Gasteiger partial charge on any atom is -0.519 e. The fourth-order valence-corrected chi connectivity index (χ4v) is 6.93. The molecule has 1 aromatic rings. The van der Waals surface area contributed by atoms with Crippen LogP contribution in [0, 0.1) is 5.92 Å². The summed E-state index contributed by atoms with van der Waals surface area (Å²) in [7, 11) is -0.0126. The molecule has 0 spiro atoms. The molecular formula is C22H34O3Si. The van der Waals surface area contributed by atoms with Gasteiger partial charge in [-0.05, 0) is 55.1 Å². The number of hydrogen-bond acceptors (Lipinski definition) is 3. The fraction of sp³-hybridized carbons (Fsp3) is 0.636. The van der Waals surface area contributed by atoms with Crippen molar-refractivity contribution in [1.82, 2.24) is 0 Å². The molecule has 1 aliphatic carbocycles. The third-order valence-corrected chi connectivity index (χ3v) is 10.9. The summed E-state index contributed by atoms with van der Waals surface area (Å²) in [6.07, 6.45) is 6.31. The minimum atomic E-state index is -1.72. The Labute approximate surface area is 159 Å². The van der Waals surface area contributed by atoms with E-state index in [1.165, 1.54) is 36.8 Å². The maximum atomic E-state index is 6.74. The van der Waals surface area contributed by atoms with Gasteiger partial charge in [-0.2, -0.15) is 0 Å². The molecule has 1 heterocycles. The second-order valence-electron chi connectivity index (χ2n) is 7.68. The highest BCUT2D eigenvalue weighted by Crippen LogP contribution is 2.49. The lowest BCUT2D eigenvalue weighted by Gasteiger charge is -2.30. The third-order valence-electron chi connectivity index (χ3n) is 6.46. The second kappa shape index (κ2) is 8.51. The molecule has 0 radical (unpaired) electrons. The lowest BCUT2D eigenvalue weighted by atomic mass is 9.87. The van der Waals surface area contributed by atoms with Crippen LogP contribution >= 0.6 is 0 Å². The second-order valence-corrected chi connectivity index (χ2v) is 12.4. The first-order chi connectivity index (χ1) is 12.7. The number of methoxy groups -OCH3 is 1. The summed E-state index contributed by atoms with van der Waals surface area (Å²) >= 11 is 0. The largest absolute Gasteiger partial charge is 0.519 e. The topological polar surface area (TPSA) is 27.7 Å². The molecule has 0 unspecified atom stereocenters. The molecule has 4 heteroatoms. The molecule has 144 valence electrons. The van der Waals surface area contributed by atoms with Crippen LogP contribution in [0.2, 0.25) is 18.1 Å². The van der Waals surface area contributed by atoms with Gasteiger partial charge in [0.2, 0.25) is 0 Å². The van der Waals surface area contributed by atoms with Crippen LogP contribution in [-0.4, -0.2) is 15.4 Å². The van der Waals surface area contributed by atoms with Crippen LogP contribution in [0.15, 0.2) is 35.8 Å². The zero-order valence-electron chi connectivity index (χ0n) is 16.8. The molecule has 26 heavy (non-hydrogen) atoms. The lowest BCUT2D eigenvalue weighted by molar-refractivity contribution is 0.0436. The molecule has 0 aromatic heterocycles. The van der Waals surface area contributed by atoms with Gasteiger partial charge < -0.3 is 13.9 Å². The first-order valence-corrected chi connectivity index (χ1v) is 12.9. The zero-order valence-corrected chi connectivity index (χ0v) is 17.8. The van der Waals surface area contributed by atoms with Crippen LogP contribution in [0.5, 0.6) is 5.75 Å². The Morgan fingerprint density at radius 2 is 1.69 bits per heavy atom. The Morgan fingerprint density at radius 3 is 2.31 bits per heavy atom. The summed E-state index contributed by atoms with van der Waals surface area (Å²) < 4.78 is 18.6. The smallest absolute Gasteiger partial charge is 0.265 e. The van der Waals surface area contributed by atoms with Crippen LogP contribution in [0.25, 0.3) is 0 Å². The predicted molar refractivity (Wildman–Crippen MR) is 109 cm³/mol. The Morgan fingerprint density at radius 1 is 1.00 bits per heavy atom.